The van der Waals surface area contributed by atoms with Crippen molar-refractivity contribution in [2.24, 2.45) is 0 Å². The summed E-state index contributed by atoms with van der Waals surface area (Å²) in [5, 5.41) is 0. The zero-order valence-corrected chi connectivity index (χ0v) is 10.2. The van der Waals surface area contributed by atoms with E-state index in [-0.39, 0.29) is 0 Å². The van der Waals surface area contributed by atoms with Crippen LogP contribution in [0.1, 0.15) is 11.1 Å². The fourth-order valence-corrected chi connectivity index (χ4v) is 2.91. The summed E-state index contributed by atoms with van der Waals surface area (Å²) in [5.41, 5.74) is -0.120. The molecule has 5 heteroatoms. The normalized spacial score (nSPS) is 18.3. The quantitative estimate of drug-likeness (QED) is 0.804. The number of halogens is 3. The van der Waals surface area contributed by atoms with Gasteiger partial charge in [0.25, 0.3) is 0 Å². The highest BCUT2D eigenvalue weighted by Gasteiger charge is 2.33. The van der Waals surface area contributed by atoms with Crippen molar-refractivity contribution in [3.63, 3.8) is 0 Å². The van der Waals surface area contributed by atoms with Crippen molar-refractivity contribution < 1.29 is 13.2 Å². The number of rotatable bonds is 2. The molecule has 0 aliphatic carbocycles. The minimum Gasteiger partial charge on any atom is -0.297 e. The Morgan fingerprint density at radius 2 is 1.76 bits per heavy atom. The Bertz CT molecular complexity index is 372. The molecule has 2 rings (SSSR count). The lowest BCUT2D eigenvalue weighted by Gasteiger charge is -2.27. The van der Waals surface area contributed by atoms with Gasteiger partial charge in [0.2, 0.25) is 0 Å². The molecule has 1 saturated heterocycles. The van der Waals surface area contributed by atoms with Crippen molar-refractivity contribution in [3.05, 3.63) is 35.4 Å². The molecule has 1 nitrogen and oxygen atoms in total. The highest BCUT2D eigenvalue weighted by atomic mass is 32.2. The van der Waals surface area contributed by atoms with Crippen LogP contribution >= 0.6 is 11.8 Å². The monoisotopic (exact) mass is 261 g/mol. The lowest BCUT2D eigenvalue weighted by atomic mass is 10.1. The van der Waals surface area contributed by atoms with Crippen LogP contribution in [0.5, 0.6) is 0 Å². The molecule has 94 valence electrons. The maximum absolute atomic E-state index is 12.8. The molecule has 0 bridgehead atoms. The van der Waals surface area contributed by atoms with E-state index in [1.54, 1.807) is 12.1 Å². The lowest BCUT2D eigenvalue weighted by molar-refractivity contribution is -0.138. The largest absolute Gasteiger partial charge is 0.416 e. The van der Waals surface area contributed by atoms with Crippen molar-refractivity contribution >= 4 is 11.8 Å². The van der Waals surface area contributed by atoms with Crippen molar-refractivity contribution in [2.75, 3.05) is 24.6 Å². The number of thioether (sulfide) groups is 1. The number of benzene rings is 1. The molecule has 1 aromatic rings. The molecule has 0 aromatic heterocycles. The molecule has 1 aliphatic heterocycles. The number of hydrogen-bond donors (Lipinski definition) is 0. The standard InChI is InChI=1S/C12H14F3NS/c13-12(14,15)11-4-2-1-3-10(11)9-16-5-7-17-8-6-16/h1-4H,5-9H2. The van der Waals surface area contributed by atoms with E-state index in [9.17, 15) is 13.2 Å². The maximum Gasteiger partial charge on any atom is 0.416 e. The van der Waals surface area contributed by atoms with Gasteiger partial charge in [-0.05, 0) is 11.6 Å². The Morgan fingerprint density at radius 1 is 1.12 bits per heavy atom. The Hall–Kier alpha value is -0.680. The second kappa shape index (κ2) is 5.31. The van der Waals surface area contributed by atoms with Crippen molar-refractivity contribution in [1.29, 1.82) is 0 Å². The summed E-state index contributed by atoms with van der Waals surface area (Å²) >= 11 is 1.86. The number of hydrogen-bond acceptors (Lipinski definition) is 2. The van der Waals surface area contributed by atoms with Crippen molar-refractivity contribution in [2.45, 2.75) is 12.7 Å². The fraction of sp³-hybridized carbons (Fsp3) is 0.500. The maximum atomic E-state index is 12.8. The molecule has 0 saturated carbocycles. The SMILES string of the molecule is FC(F)(F)c1ccccc1CN1CCSCC1. The molecule has 0 spiro atoms. The Morgan fingerprint density at radius 3 is 2.41 bits per heavy atom. The topological polar surface area (TPSA) is 3.24 Å². The van der Waals surface area contributed by atoms with Gasteiger partial charge in [-0.2, -0.15) is 24.9 Å². The molecule has 1 heterocycles. The Labute approximate surface area is 103 Å². The minimum absolute atomic E-state index is 0.381. The number of alkyl halides is 3. The molecule has 0 amide bonds. The van der Waals surface area contributed by atoms with Crippen LogP contribution in [-0.2, 0) is 12.7 Å². The van der Waals surface area contributed by atoms with E-state index in [4.69, 9.17) is 0 Å². The molecule has 0 radical (unpaired) electrons. The molecule has 0 unspecified atom stereocenters. The predicted molar refractivity (Wildman–Crippen MR) is 64.0 cm³/mol. The zero-order valence-electron chi connectivity index (χ0n) is 9.33. The highest BCUT2D eigenvalue weighted by Crippen LogP contribution is 2.32. The van der Waals surface area contributed by atoms with Gasteiger partial charge in [0.05, 0.1) is 5.56 Å². The van der Waals surface area contributed by atoms with E-state index in [1.807, 2.05) is 11.8 Å². The third kappa shape index (κ3) is 3.39. The van der Waals surface area contributed by atoms with Gasteiger partial charge in [-0.15, -0.1) is 0 Å². The first-order chi connectivity index (χ1) is 8.07. The molecular formula is C12H14F3NS. The first kappa shape index (κ1) is 12.8. The van der Waals surface area contributed by atoms with Crippen LogP contribution in [0, 0.1) is 0 Å². The van der Waals surface area contributed by atoms with Gasteiger partial charge in [0, 0.05) is 31.1 Å². The van der Waals surface area contributed by atoms with Gasteiger partial charge in [-0.1, -0.05) is 18.2 Å². The first-order valence-electron chi connectivity index (χ1n) is 5.52. The highest BCUT2D eigenvalue weighted by molar-refractivity contribution is 7.99. The van der Waals surface area contributed by atoms with Crippen molar-refractivity contribution in [1.82, 2.24) is 4.90 Å². The van der Waals surface area contributed by atoms with E-state index < -0.39 is 11.7 Å². The first-order valence-corrected chi connectivity index (χ1v) is 6.68. The molecule has 17 heavy (non-hydrogen) atoms. The summed E-state index contributed by atoms with van der Waals surface area (Å²) < 4.78 is 38.3. The van der Waals surface area contributed by atoms with Gasteiger partial charge in [-0.3, -0.25) is 4.90 Å². The van der Waals surface area contributed by atoms with Gasteiger partial charge in [0.1, 0.15) is 0 Å². The van der Waals surface area contributed by atoms with E-state index >= 15 is 0 Å². The van der Waals surface area contributed by atoms with Gasteiger partial charge in [0.15, 0.2) is 0 Å². The summed E-state index contributed by atoms with van der Waals surface area (Å²) in [5.74, 6) is 2.02. The van der Waals surface area contributed by atoms with Crippen LogP contribution < -0.4 is 0 Å². The smallest absolute Gasteiger partial charge is 0.297 e. The fourth-order valence-electron chi connectivity index (χ4n) is 1.93. The summed E-state index contributed by atoms with van der Waals surface area (Å²) in [6, 6.07) is 5.85. The van der Waals surface area contributed by atoms with E-state index in [0.29, 0.717) is 12.1 Å². The molecule has 1 aliphatic rings. The van der Waals surface area contributed by atoms with E-state index in [2.05, 4.69) is 4.90 Å². The van der Waals surface area contributed by atoms with Crippen LogP contribution in [0.3, 0.4) is 0 Å². The molecule has 1 fully saturated rings. The molecular weight excluding hydrogens is 247 g/mol. The Kier molecular flexibility index (Phi) is 3.99. The summed E-state index contributed by atoms with van der Waals surface area (Å²) in [7, 11) is 0. The van der Waals surface area contributed by atoms with Gasteiger partial charge in [-0.25, -0.2) is 0 Å². The van der Waals surface area contributed by atoms with Crippen LogP contribution in [0.25, 0.3) is 0 Å². The van der Waals surface area contributed by atoms with Crippen LogP contribution in [0.4, 0.5) is 13.2 Å². The zero-order chi connectivity index (χ0) is 12.3. The molecule has 0 N–H and O–H groups in total. The van der Waals surface area contributed by atoms with E-state index in [0.717, 1.165) is 30.7 Å². The minimum atomic E-state index is -4.25. The van der Waals surface area contributed by atoms with Gasteiger partial charge < -0.3 is 0 Å². The predicted octanol–water partition coefficient (Wildman–Crippen LogP) is 3.25. The second-order valence-corrected chi connectivity index (χ2v) is 5.27. The average molecular weight is 261 g/mol. The van der Waals surface area contributed by atoms with E-state index in [1.165, 1.54) is 6.07 Å². The molecule has 1 aromatic carbocycles. The number of nitrogens with zero attached hydrogens (tertiary/aromatic N) is 1. The second-order valence-electron chi connectivity index (χ2n) is 4.04. The van der Waals surface area contributed by atoms with Crippen LogP contribution in [0.15, 0.2) is 24.3 Å². The van der Waals surface area contributed by atoms with Gasteiger partial charge >= 0.3 is 6.18 Å². The summed E-state index contributed by atoms with van der Waals surface area (Å²) in [4.78, 5) is 2.08. The third-order valence-electron chi connectivity index (χ3n) is 2.82. The Balaban J connectivity index is 2.14. The lowest BCUT2D eigenvalue weighted by Crippen LogP contribution is -2.32. The third-order valence-corrected chi connectivity index (χ3v) is 3.76. The van der Waals surface area contributed by atoms with Crippen LogP contribution in [-0.4, -0.2) is 29.5 Å². The molecule has 0 atom stereocenters. The summed E-state index contributed by atoms with van der Waals surface area (Å²) in [6.45, 7) is 2.14. The van der Waals surface area contributed by atoms with Crippen LogP contribution in [0.2, 0.25) is 0 Å². The van der Waals surface area contributed by atoms with Crippen molar-refractivity contribution in [3.8, 4) is 0 Å². The summed E-state index contributed by atoms with van der Waals surface area (Å²) in [6.07, 6.45) is -4.25. The average Bonchev–Trinajstić information content (AvgIpc) is 2.30.